The number of carbonyl (C=O) groups excluding carboxylic acids is 2. The van der Waals surface area contributed by atoms with Gasteiger partial charge < -0.3 is 10.2 Å². The van der Waals surface area contributed by atoms with Crippen molar-refractivity contribution in [3.05, 3.63) is 71.0 Å². The van der Waals surface area contributed by atoms with Crippen LogP contribution < -0.4 is 5.32 Å². The van der Waals surface area contributed by atoms with Crippen LogP contribution in [0, 0.1) is 12.7 Å². The summed E-state index contributed by atoms with van der Waals surface area (Å²) in [5.41, 5.74) is 1.85. The lowest BCUT2D eigenvalue weighted by molar-refractivity contribution is 0.0698. The van der Waals surface area contributed by atoms with Gasteiger partial charge in [-0.1, -0.05) is 29.8 Å². The van der Waals surface area contributed by atoms with E-state index in [9.17, 15) is 14.0 Å². The molecule has 0 saturated carbocycles. The van der Waals surface area contributed by atoms with E-state index >= 15 is 0 Å². The lowest BCUT2D eigenvalue weighted by Crippen LogP contribution is -2.46. The van der Waals surface area contributed by atoms with Crippen LogP contribution in [0.25, 0.3) is 0 Å². The second-order valence-electron chi connectivity index (χ2n) is 6.39. The van der Waals surface area contributed by atoms with Gasteiger partial charge in [0.25, 0.3) is 11.8 Å². The van der Waals surface area contributed by atoms with Crippen molar-refractivity contribution in [1.29, 1.82) is 0 Å². The van der Waals surface area contributed by atoms with Crippen molar-refractivity contribution in [3.8, 4) is 0 Å². The maximum Gasteiger partial charge on any atom is 0.254 e. The zero-order chi connectivity index (χ0) is 17.8. The highest BCUT2D eigenvalue weighted by atomic mass is 19.1. The zero-order valence-electron chi connectivity index (χ0n) is 14.2. The van der Waals surface area contributed by atoms with Crippen LogP contribution in [0.15, 0.2) is 48.5 Å². The van der Waals surface area contributed by atoms with Gasteiger partial charge in [-0.3, -0.25) is 9.59 Å². The van der Waals surface area contributed by atoms with Gasteiger partial charge in [-0.25, -0.2) is 4.39 Å². The molecule has 1 fully saturated rings. The summed E-state index contributed by atoms with van der Waals surface area (Å²) in [6, 6.07) is 13.4. The molecule has 0 spiro atoms. The topological polar surface area (TPSA) is 49.4 Å². The maximum atomic E-state index is 13.7. The number of hydrogen-bond acceptors (Lipinski definition) is 2. The van der Waals surface area contributed by atoms with E-state index in [0.717, 1.165) is 5.56 Å². The average Bonchev–Trinajstić information content (AvgIpc) is 2.63. The van der Waals surface area contributed by atoms with Crippen LogP contribution in [-0.4, -0.2) is 35.8 Å². The molecule has 4 nitrogen and oxygen atoms in total. The fourth-order valence-corrected chi connectivity index (χ4v) is 3.01. The summed E-state index contributed by atoms with van der Waals surface area (Å²) < 4.78 is 13.7. The molecular formula is C20H21FN2O2. The highest BCUT2D eigenvalue weighted by Gasteiger charge is 2.25. The SMILES string of the molecule is Cc1ccc(C(=O)N2CCC(NC(=O)c3ccccc3F)CC2)cc1. The van der Waals surface area contributed by atoms with Gasteiger partial charge >= 0.3 is 0 Å². The Morgan fingerprint density at radius 2 is 1.68 bits per heavy atom. The minimum atomic E-state index is -0.521. The van der Waals surface area contributed by atoms with Crippen LogP contribution in [0.1, 0.15) is 39.1 Å². The van der Waals surface area contributed by atoms with Gasteiger partial charge in [-0.15, -0.1) is 0 Å². The molecule has 0 bridgehead atoms. The second-order valence-corrected chi connectivity index (χ2v) is 6.39. The number of aryl methyl sites for hydroxylation is 1. The van der Waals surface area contributed by atoms with Crippen molar-refractivity contribution in [2.45, 2.75) is 25.8 Å². The predicted molar refractivity (Wildman–Crippen MR) is 94.0 cm³/mol. The van der Waals surface area contributed by atoms with Gasteiger partial charge in [0.2, 0.25) is 0 Å². The molecule has 2 aromatic rings. The number of carbonyl (C=O) groups is 2. The quantitative estimate of drug-likeness (QED) is 0.933. The van der Waals surface area contributed by atoms with Crippen LogP contribution in [-0.2, 0) is 0 Å². The summed E-state index contributed by atoms with van der Waals surface area (Å²) in [6.45, 7) is 3.14. The van der Waals surface area contributed by atoms with Crippen LogP contribution >= 0.6 is 0 Å². The van der Waals surface area contributed by atoms with E-state index in [-0.39, 0.29) is 17.5 Å². The molecule has 0 aromatic heterocycles. The summed E-state index contributed by atoms with van der Waals surface area (Å²) >= 11 is 0. The Morgan fingerprint density at radius 3 is 2.32 bits per heavy atom. The number of amides is 2. The fourth-order valence-electron chi connectivity index (χ4n) is 3.01. The first-order valence-corrected chi connectivity index (χ1v) is 8.46. The number of hydrogen-bond donors (Lipinski definition) is 1. The number of rotatable bonds is 3. The standard InChI is InChI=1S/C20H21FN2O2/c1-14-6-8-15(9-7-14)20(25)23-12-10-16(11-13-23)22-19(24)17-4-2-3-5-18(17)21/h2-9,16H,10-13H2,1H3,(H,22,24). The Hall–Kier alpha value is -2.69. The normalized spacial score (nSPS) is 15.0. The van der Waals surface area contributed by atoms with Crippen LogP contribution in [0.5, 0.6) is 0 Å². The van der Waals surface area contributed by atoms with E-state index in [0.29, 0.717) is 31.5 Å². The number of benzene rings is 2. The average molecular weight is 340 g/mol. The molecule has 0 radical (unpaired) electrons. The Bertz CT molecular complexity index is 766. The van der Waals surface area contributed by atoms with Crippen molar-refractivity contribution >= 4 is 11.8 Å². The second kappa shape index (κ2) is 7.47. The van der Waals surface area contributed by atoms with Crippen LogP contribution in [0.3, 0.4) is 0 Å². The number of piperidine rings is 1. The first-order chi connectivity index (χ1) is 12.0. The third kappa shape index (κ3) is 4.05. The number of halogens is 1. The molecule has 0 unspecified atom stereocenters. The molecule has 5 heteroatoms. The summed E-state index contributed by atoms with van der Waals surface area (Å²) in [6.07, 6.45) is 1.33. The van der Waals surface area contributed by atoms with E-state index in [4.69, 9.17) is 0 Å². The Morgan fingerprint density at radius 1 is 1.04 bits per heavy atom. The highest BCUT2D eigenvalue weighted by molar-refractivity contribution is 5.95. The number of likely N-dealkylation sites (tertiary alicyclic amines) is 1. The smallest absolute Gasteiger partial charge is 0.254 e. The fraction of sp³-hybridized carbons (Fsp3) is 0.300. The first kappa shape index (κ1) is 17.1. The van der Waals surface area contributed by atoms with Gasteiger partial charge in [0.05, 0.1) is 5.56 Å². The van der Waals surface area contributed by atoms with E-state index in [1.165, 1.54) is 12.1 Å². The largest absolute Gasteiger partial charge is 0.349 e. The zero-order valence-corrected chi connectivity index (χ0v) is 14.2. The van der Waals surface area contributed by atoms with Gasteiger partial charge in [-0.2, -0.15) is 0 Å². The van der Waals surface area contributed by atoms with E-state index in [2.05, 4.69) is 5.32 Å². The molecule has 25 heavy (non-hydrogen) atoms. The van der Waals surface area contributed by atoms with Gasteiger partial charge in [0.1, 0.15) is 5.82 Å². The molecule has 1 saturated heterocycles. The van der Waals surface area contributed by atoms with E-state index < -0.39 is 11.7 Å². The van der Waals surface area contributed by atoms with Gasteiger partial charge in [-0.05, 0) is 44.0 Å². The van der Waals surface area contributed by atoms with Gasteiger partial charge in [0.15, 0.2) is 0 Å². The van der Waals surface area contributed by atoms with Crippen molar-refractivity contribution in [3.63, 3.8) is 0 Å². The first-order valence-electron chi connectivity index (χ1n) is 8.46. The third-order valence-corrected chi connectivity index (χ3v) is 4.53. The molecule has 0 atom stereocenters. The molecule has 130 valence electrons. The van der Waals surface area contributed by atoms with Crippen LogP contribution in [0.2, 0.25) is 0 Å². The summed E-state index contributed by atoms with van der Waals surface area (Å²) in [7, 11) is 0. The molecule has 1 aliphatic heterocycles. The lowest BCUT2D eigenvalue weighted by Gasteiger charge is -2.32. The maximum absolute atomic E-state index is 13.7. The Labute approximate surface area is 146 Å². The minimum Gasteiger partial charge on any atom is -0.349 e. The molecule has 0 aliphatic carbocycles. The molecule has 1 aliphatic rings. The number of nitrogens with zero attached hydrogens (tertiary/aromatic N) is 1. The monoisotopic (exact) mass is 340 g/mol. The summed E-state index contributed by atoms with van der Waals surface area (Å²) in [4.78, 5) is 26.5. The molecule has 2 amide bonds. The molecule has 3 rings (SSSR count). The molecule has 2 aromatic carbocycles. The van der Waals surface area contributed by atoms with Crippen molar-refractivity contribution < 1.29 is 14.0 Å². The van der Waals surface area contributed by atoms with Gasteiger partial charge in [0, 0.05) is 24.7 Å². The highest BCUT2D eigenvalue weighted by Crippen LogP contribution is 2.16. The van der Waals surface area contributed by atoms with Crippen molar-refractivity contribution in [1.82, 2.24) is 10.2 Å². The van der Waals surface area contributed by atoms with Crippen molar-refractivity contribution in [2.24, 2.45) is 0 Å². The molecule has 1 heterocycles. The summed E-state index contributed by atoms with van der Waals surface area (Å²) in [5, 5.41) is 2.87. The molecular weight excluding hydrogens is 319 g/mol. The predicted octanol–water partition coefficient (Wildman–Crippen LogP) is 3.17. The van der Waals surface area contributed by atoms with E-state index in [1.807, 2.05) is 31.2 Å². The summed E-state index contributed by atoms with van der Waals surface area (Å²) in [5.74, 6) is -0.910. The van der Waals surface area contributed by atoms with E-state index in [1.54, 1.807) is 17.0 Å². The Kier molecular flexibility index (Phi) is 5.12. The minimum absolute atomic E-state index is 0.0129. The molecule has 1 N–H and O–H groups in total. The lowest BCUT2D eigenvalue weighted by atomic mass is 10.0. The number of nitrogens with one attached hydrogen (secondary N) is 1. The third-order valence-electron chi connectivity index (χ3n) is 4.53. The van der Waals surface area contributed by atoms with Crippen LogP contribution in [0.4, 0.5) is 4.39 Å². The van der Waals surface area contributed by atoms with Crippen molar-refractivity contribution in [2.75, 3.05) is 13.1 Å². The Balaban J connectivity index is 1.55.